The maximum absolute atomic E-state index is 13.4. The lowest BCUT2D eigenvalue weighted by atomic mass is 9.96. The van der Waals surface area contributed by atoms with Crippen molar-refractivity contribution < 1.29 is 19.4 Å². The van der Waals surface area contributed by atoms with Gasteiger partial charge in [0.1, 0.15) is 11.5 Å². The summed E-state index contributed by atoms with van der Waals surface area (Å²) in [4.78, 5) is 28.1. The number of aromatic hydroxyl groups is 1. The molecule has 1 atom stereocenters. The Labute approximate surface area is 183 Å². The summed E-state index contributed by atoms with van der Waals surface area (Å²) in [6.07, 6.45) is 2.01. The molecule has 0 saturated heterocycles. The highest BCUT2D eigenvalue weighted by Gasteiger charge is 2.40. The molecule has 0 fully saturated rings. The van der Waals surface area contributed by atoms with Gasteiger partial charge in [-0.1, -0.05) is 36.4 Å². The Morgan fingerprint density at radius 1 is 1.13 bits per heavy atom. The molecule has 156 valence electrons. The standard InChI is InChI=1S/C24H20N2O4S/c1-31-20-8-3-2-5-15(20)12-26-23(16-6-4-7-18(27)22(16)24(26)29)14-9-10-19-17(11-14)25-21(28)13-30-19/h2-11,23,27H,12-13H2,1H3,(H,25,28). The lowest BCUT2D eigenvalue weighted by Gasteiger charge is -2.28. The lowest BCUT2D eigenvalue weighted by Crippen LogP contribution is -2.29. The zero-order chi connectivity index (χ0) is 21.5. The van der Waals surface area contributed by atoms with Gasteiger partial charge in [0.05, 0.1) is 17.3 Å². The summed E-state index contributed by atoms with van der Waals surface area (Å²) in [6, 6.07) is 18.3. The minimum Gasteiger partial charge on any atom is -0.507 e. The van der Waals surface area contributed by atoms with Crippen molar-refractivity contribution in [2.45, 2.75) is 17.5 Å². The first-order valence-electron chi connectivity index (χ1n) is 9.88. The van der Waals surface area contributed by atoms with Gasteiger partial charge in [0, 0.05) is 11.4 Å². The Balaban J connectivity index is 1.62. The molecule has 2 aliphatic heterocycles. The van der Waals surface area contributed by atoms with Crippen molar-refractivity contribution in [3.05, 3.63) is 82.9 Å². The third kappa shape index (κ3) is 3.31. The second-order valence-electron chi connectivity index (χ2n) is 7.48. The number of hydrogen-bond donors (Lipinski definition) is 2. The number of carbonyl (C=O) groups excluding carboxylic acids is 2. The number of amides is 2. The van der Waals surface area contributed by atoms with E-state index in [0.29, 0.717) is 23.5 Å². The van der Waals surface area contributed by atoms with Crippen LogP contribution in [0.5, 0.6) is 11.5 Å². The number of phenolic OH excluding ortho intramolecular Hbond substituents is 1. The summed E-state index contributed by atoms with van der Waals surface area (Å²) in [5.41, 5.74) is 3.53. The van der Waals surface area contributed by atoms with Gasteiger partial charge in [-0.05, 0) is 47.2 Å². The van der Waals surface area contributed by atoms with Crippen molar-refractivity contribution >= 4 is 29.3 Å². The van der Waals surface area contributed by atoms with Crippen LogP contribution in [0.25, 0.3) is 0 Å². The van der Waals surface area contributed by atoms with E-state index in [4.69, 9.17) is 4.74 Å². The van der Waals surface area contributed by atoms with E-state index in [1.165, 1.54) is 6.07 Å². The second kappa shape index (κ2) is 7.67. The summed E-state index contributed by atoms with van der Waals surface area (Å²) in [5, 5.41) is 13.3. The molecule has 3 aromatic rings. The van der Waals surface area contributed by atoms with Crippen molar-refractivity contribution in [3.8, 4) is 11.5 Å². The Hall–Kier alpha value is -3.45. The molecule has 1 unspecified atom stereocenters. The zero-order valence-corrected chi connectivity index (χ0v) is 17.6. The molecule has 2 heterocycles. The minimum absolute atomic E-state index is 0.0113. The van der Waals surface area contributed by atoms with Gasteiger partial charge in [-0.25, -0.2) is 0 Å². The fourth-order valence-electron chi connectivity index (χ4n) is 4.26. The van der Waals surface area contributed by atoms with Crippen LogP contribution in [0.4, 0.5) is 5.69 Å². The van der Waals surface area contributed by atoms with Crippen LogP contribution >= 0.6 is 11.8 Å². The molecule has 0 aromatic heterocycles. The topological polar surface area (TPSA) is 78.9 Å². The van der Waals surface area contributed by atoms with E-state index in [1.807, 2.05) is 54.8 Å². The SMILES string of the molecule is CSc1ccccc1CN1C(=O)c2c(O)cccc2C1c1ccc2c(c1)NC(=O)CO2. The highest BCUT2D eigenvalue weighted by Crippen LogP contribution is 2.44. The van der Waals surface area contributed by atoms with Crippen molar-refractivity contribution in [2.24, 2.45) is 0 Å². The van der Waals surface area contributed by atoms with Gasteiger partial charge >= 0.3 is 0 Å². The number of anilines is 1. The summed E-state index contributed by atoms with van der Waals surface area (Å²) < 4.78 is 5.48. The quantitative estimate of drug-likeness (QED) is 0.605. The van der Waals surface area contributed by atoms with E-state index >= 15 is 0 Å². The van der Waals surface area contributed by atoms with E-state index in [1.54, 1.807) is 22.7 Å². The summed E-state index contributed by atoms with van der Waals surface area (Å²) in [6.45, 7) is 0.386. The number of rotatable bonds is 4. The van der Waals surface area contributed by atoms with Gasteiger partial charge in [0.25, 0.3) is 11.8 Å². The van der Waals surface area contributed by atoms with Gasteiger partial charge in [-0.3, -0.25) is 9.59 Å². The van der Waals surface area contributed by atoms with Gasteiger partial charge < -0.3 is 20.1 Å². The van der Waals surface area contributed by atoms with Crippen molar-refractivity contribution in [3.63, 3.8) is 0 Å². The third-order valence-electron chi connectivity index (χ3n) is 5.64. The Bertz CT molecular complexity index is 1210. The van der Waals surface area contributed by atoms with Gasteiger partial charge in [-0.15, -0.1) is 11.8 Å². The van der Waals surface area contributed by atoms with Gasteiger partial charge in [-0.2, -0.15) is 0 Å². The molecule has 5 rings (SSSR count). The number of phenols is 1. The molecule has 7 heteroatoms. The van der Waals surface area contributed by atoms with Crippen LogP contribution in [-0.2, 0) is 11.3 Å². The molecule has 0 bridgehead atoms. The molecule has 0 radical (unpaired) electrons. The monoisotopic (exact) mass is 432 g/mol. The average Bonchev–Trinajstić information content (AvgIpc) is 3.06. The first kappa shape index (κ1) is 19.5. The normalized spacial score (nSPS) is 17.1. The van der Waals surface area contributed by atoms with Crippen LogP contribution in [0.15, 0.2) is 65.6 Å². The lowest BCUT2D eigenvalue weighted by molar-refractivity contribution is -0.118. The van der Waals surface area contributed by atoms with E-state index in [0.717, 1.165) is 21.6 Å². The molecule has 2 N–H and O–H groups in total. The van der Waals surface area contributed by atoms with Crippen molar-refractivity contribution in [1.82, 2.24) is 4.90 Å². The Morgan fingerprint density at radius 3 is 2.81 bits per heavy atom. The van der Waals surface area contributed by atoms with E-state index in [-0.39, 0.29) is 24.2 Å². The predicted molar refractivity (Wildman–Crippen MR) is 119 cm³/mol. The first-order valence-corrected chi connectivity index (χ1v) is 11.1. The van der Waals surface area contributed by atoms with Crippen LogP contribution in [-0.4, -0.2) is 34.7 Å². The largest absolute Gasteiger partial charge is 0.507 e. The molecule has 0 spiro atoms. The number of ether oxygens (including phenoxy) is 1. The summed E-state index contributed by atoms with van der Waals surface area (Å²) in [7, 11) is 0. The number of thioether (sulfide) groups is 1. The molecule has 3 aromatic carbocycles. The van der Waals surface area contributed by atoms with Crippen LogP contribution in [0.1, 0.15) is 33.1 Å². The molecule has 6 nitrogen and oxygen atoms in total. The van der Waals surface area contributed by atoms with Crippen LogP contribution in [0.2, 0.25) is 0 Å². The molecule has 2 amide bonds. The van der Waals surface area contributed by atoms with E-state index in [2.05, 4.69) is 5.32 Å². The zero-order valence-electron chi connectivity index (χ0n) is 16.8. The third-order valence-corrected chi connectivity index (χ3v) is 6.48. The molecule has 0 saturated carbocycles. The van der Waals surface area contributed by atoms with Crippen molar-refractivity contribution in [1.29, 1.82) is 0 Å². The molecular formula is C24H20N2O4S. The minimum atomic E-state index is -0.395. The Morgan fingerprint density at radius 2 is 1.97 bits per heavy atom. The average molecular weight is 433 g/mol. The smallest absolute Gasteiger partial charge is 0.262 e. The molecule has 0 aliphatic carbocycles. The van der Waals surface area contributed by atoms with Crippen LogP contribution in [0.3, 0.4) is 0 Å². The predicted octanol–water partition coefficient (Wildman–Crippen LogP) is 4.19. The maximum atomic E-state index is 13.4. The van der Waals surface area contributed by atoms with Crippen LogP contribution < -0.4 is 10.1 Å². The summed E-state index contributed by atoms with van der Waals surface area (Å²) in [5.74, 6) is 0.147. The number of nitrogens with zero attached hydrogens (tertiary/aromatic N) is 1. The number of carbonyl (C=O) groups is 2. The number of fused-ring (bicyclic) bond motifs is 2. The Kier molecular flexibility index (Phi) is 4.82. The number of nitrogens with one attached hydrogen (secondary N) is 1. The van der Waals surface area contributed by atoms with E-state index in [9.17, 15) is 14.7 Å². The number of hydrogen-bond acceptors (Lipinski definition) is 5. The molecule has 31 heavy (non-hydrogen) atoms. The fraction of sp³-hybridized carbons (Fsp3) is 0.167. The van der Waals surface area contributed by atoms with Crippen LogP contribution in [0, 0.1) is 0 Å². The second-order valence-corrected chi connectivity index (χ2v) is 8.33. The van der Waals surface area contributed by atoms with E-state index < -0.39 is 6.04 Å². The summed E-state index contributed by atoms with van der Waals surface area (Å²) >= 11 is 1.63. The molecular weight excluding hydrogens is 412 g/mol. The fourth-order valence-corrected chi connectivity index (χ4v) is 4.87. The van der Waals surface area contributed by atoms with Crippen molar-refractivity contribution in [2.75, 3.05) is 18.2 Å². The highest BCUT2D eigenvalue weighted by atomic mass is 32.2. The molecule has 2 aliphatic rings. The highest BCUT2D eigenvalue weighted by molar-refractivity contribution is 7.98. The maximum Gasteiger partial charge on any atom is 0.262 e. The van der Waals surface area contributed by atoms with Gasteiger partial charge in [0.2, 0.25) is 0 Å². The number of benzene rings is 3. The first-order chi connectivity index (χ1) is 15.1. The van der Waals surface area contributed by atoms with Gasteiger partial charge in [0.15, 0.2) is 6.61 Å².